The van der Waals surface area contributed by atoms with E-state index in [-0.39, 0.29) is 17.9 Å². The van der Waals surface area contributed by atoms with Crippen LogP contribution in [0.1, 0.15) is 34.1 Å². The SMILES string of the molecule is CSCC[C@@H](C)NC(=O)[C@H](CO)NC(=O)[C@@H](NC(C)=O)C(C)C. The number of aliphatic hydroxyl groups is 1. The molecule has 0 unspecified atom stereocenters. The highest BCUT2D eigenvalue weighted by Gasteiger charge is 2.28. The molecule has 0 aliphatic carbocycles. The lowest BCUT2D eigenvalue weighted by Gasteiger charge is -2.25. The van der Waals surface area contributed by atoms with Crippen molar-refractivity contribution in [2.75, 3.05) is 18.6 Å². The van der Waals surface area contributed by atoms with Crippen molar-refractivity contribution in [3.8, 4) is 0 Å². The van der Waals surface area contributed by atoms with Crippen LogP contribution >= 0.6 is 11.8 Å². The molecule has 3 amide bonds. The predicted molar refractivity (Wildman–Crippen MR) is 92.1 cm³/mol. The lowest BCUT2D eigenvalue weighted by Crippen LogP contribution is -2.57. The van der Waals surface area contributed by atoms with Gasteiger partial charge < -0.3 is 21.1 Å². The molecular formula is C15H29N3O4S. The molecule has 0 fully saturated rings. The Hall–Kier alpha value is -1.28. The van der Waals surface area contributed by atoms with Gasteiger partial charge in [-0.1, -0.05) is 13.8 Å². The third kappa shape index (κ3) is 8.80. The smallest absolute Gasteiger partial charge is 0.245 e. The van der Waals surface area contributed by atoms with E-state index in [1.54, 1.807) is 25.6 Å². The third-order valence-corrected chi connectivity index (χ3v) is 3.91. The highest BCUT2D eigenvalue weighted by atomic mass is 32.2. The average Bonchev–Trinajstić information content (AvgIpc) is 2.47. The molecule has 3 atom stereocenters. The maximum absolute atomic E-state index is 12.2. The van der Waals surface area contributed by atoms with Crippen molar-refractivity contribution in [1.82, 2.24) is 16.0 Å². The van der Waals surface area contributed by atoms with Crippen LogP contribution in [0.15, 0.2) is 0 Å². The highest BCUT2D eigenvalue weighted by molar-refractivity contribution is 7.98. The minimum absolute atomic E-state index is 0.0443. The van der Waals surface area contributed by atoms with Crippen LogP contribution in [0, 0.1) is 5.92 Å². The van der Waals surface area contributed by atoms with Crippen molar-refractivity contribution >= 4 is 29.5 Å². The first-order chi connectivity index (χ1) is 10.7. The maximum Gasteiger partial charge on any atom is 0.245 e. The van der Waals surface area contributed by atoms with Crippen LogP contribution in [0.5, 0.6) is 0 Å². The molecule has 0 bridgehead atoms. The number of rotatable bonds is 10. The Morgan fingerprint density at radius 3 is 2.09 bits per heavy atom. The predicted octanol–water partition coefficient (Wildman–Crippen LogP) is -0.118. The summed E-state index contributed by atoms with van der Waals surface area (Å²) in [5.74, 6) is -0.465. The fraction of sp³-hybridized carbons (Fsp3) is 0.800. The molecule has 0 spiro atoms. The van der Waals surface area contributed by atoms with E-state index in [0.717, 1.165) is 12.2 Å². The molecule has 0 rings (SSSR count). The number of hydrogen-bond acceptors (Lipinski definition) is 5. The van der Waals surface area contributed by atoms with E-state index in [2.05, 4.69) is 16.0 Å². The molecular weight excluding hydrogens is 318 g/mol. The number of amides is 3. The second-order valence-corrected chi connectivity index (χ2v) is 6.84. The van der Waals surface area contributed by atoms with E-state index in [4.69, 9.17) is 0 Å². The van der Waals surface area contributed by atoms with Gasteiger partial charge >= 0.3 is 0 Å². The Bertz CT molecular complexity index is 404. The summed E-state index contributed by atoms with van der Waals surface area (Å²) in [5, 5.41) is 17.2. The second-order valence-electron chi connectivity index (χ2n) is 5.86. The zero-order chi connectivity index (χ0) is 18.0. The van der Waals surface area contributed by atoms with E-state index in [1.165, 1.54) is 6.92 Å². The van der Waals surface area contributed by atoms with Crippen LogP contribution in [-0.2, 0) is 14.4 Å². The Balaban J connectivity index is 4.68. The monoisotopic (exact) mass is 347 g/mol. The molecule has 0 aromatic heterocycles. The third-order valence-electron chi connectivity index (χ3n) is 3.27. The summed E-state index contributed by atoms with van der Waals surface area (Å²) in [5.41, 5.74) is 0. The van der Waals surface area contributed by atoms with Gasteiger partial charge in [0, 0.05) is 13.0 Å². The molecule has 0 radical (unpaired) electrons. The zero-order valence-electron chi connectivity index (χ0n) is 14.5. The van der Waals surface area contributed by atoms with Gasteiger partial charge in [-0.05, 0) is 31.3 Å². The van der Waals surface area contributed by atoms with E-state index >= 15 is 0 Å². The number of thioether (sulfide) groups is 1. The summed E-state index contributed by atoms with van der Waals surface area (Å²) in [4.78, 5) is 35.5. The molecule has 0 aromatic carbocycles. The van der Waals surface area contributed by atoms with Crippen molar-refractivity contribution in [2.45, 2.75) is 52.2 Å². The van der Waals surface area contributed by atoms with Gasteiger partial charge in [0.05, 0.1) is 6.61 Å². The first-order valence-corrected chi connectivity index (χ1v) is 9.09. The quantitative estimate of drug-likeness (QED) is 0.441. The van der Waals surface area contributed by atoms with Crippen LogP contribution in [-0.4, -0.2) is 59.6 Å². The van der Waals surface area contributed by atoms with E-state index in [9.17, 15) is 19.5 Å². The Morgan fingerprint density at radius 1 is 1.04 bits per heavy atom. The van der Waals surface area contributed by atoms with Crippen molar-refractivity contribution in [3.05, 3.63) is 0 Å². The van der Waals surface area contributed by atoms with E-state index < -0.39 is 30.5 Å². The van der Waals surface area contributed by atoms with Gasteiger partial charge in [0.15, 0.2) is 0 Å². The molecule has 8 heteroatoms. The minimum atomic E-state index is -1.03. The minimum Gasteiger partial charge on any atom is -0.394 e. The molecule has 0 aliphatic rings. The van der Waals surface area contributed by atoms with Gasteiger partial charge in [-0.2, -0.15) is 11.8 Å². The Morgan fingerprint density at radius 2 is 1.65 bits per heavy atom. The molecule has 0 aliphatic heterocycles. The number of nitrogens with one attached hydrogen (secondary N) is 3. The van der Waals surface area contributed by atoms with Crippen LogP contribution in [0.4, 0.5) is 0 Å². The Kier molecular flexibility index (Phi) is 10.7. The van der Waals surface area contributed by atoms with E-state index in [1.807, 2.05) is 13.2 Å². The average molecular weight is 347 g/mol. The second kappa shape index (κ2) is 11.3. The first-order valence-electron chi connectivity index (χ1n) is 7.70. The summed E-state index contributed by atoms with van der Waals surface area (Å²) < 4.78 is 0. The number of aliphatic hydroxyl groups excluding tert-OH is 1. The first kappa shape index (κ1) is 21.7. The van der Waals surface area contributed by atoms with Crippen molar-refractivity contribution in [1.29, 1.82) is 0 Å². The van der Waals surface area contributed by atoms with Gasteiger partial charge in [0.2, 0.25) is 17.7 Å². The normalized spacial score (nSPS) is 14.7. The summed E-state index contributed by atoms with van der Waals surface area (Å²) in [6, 6.07) is -1.82. The van der Waals surface area contributed by atoms with E-state index in [0.29, 0.717) is 0 Å². The summed E-state index contributed by atoms with van der Waals surface area (Å²) >= 11 is 1.68. The molecule has 23 heavy (non-hydrogen) atoms. The zero-order valence-corrected chi connectivity index (χ0v) is 15.3. The molecule has 4 N–H and O–H groups in total. The standard InChI is InChI=1S/C15H29N3O4S/c1-9(2)13(17-11(4)20)15(22)18-12(8-19)14(21)16-10(3)6-7-23-5/h9-10,12-13,19H,6-8H2,1-5H3,(H,16,21)(H,17,20)(H,18,22)/t10-,12+,13+/m1/s1. The molecule has 0 saturated heterocycles. The van der Waals surface area contributed by atoms with Gasteiger partial charge in [0.1, 0.15) is 12.1 Å². The molecule has 0 aromatic rings. The van der Waals surface area contributed by atoms with Crippen molar-refractivity contribution in [3.63, 3.8) is 0 Å². The summed E-state index contributed by atoms with van der Waals surface area (Å²) in [7, 11) is 0. The lowest BCUT2D eigenvalue weighted by molar-refractivity contribution is -0.133. The topological polar surface area (TPSA) is 108 Å². The van der Waals surface area contributed by atoms with Crippen molar-refractivity contribution < 1.29 is 19.5 Å². The Labute approximate surface area is 142 Å². The van der Waals surface area contributed by atoms with Gasteiger partial charge in [-0.15, -0.1) is 0 Å². The summed E-state index contributed by atoms with van der Waals surface area (Å²) in [6.07, 6.45) is 2.79. The fourth-order valence-corrected chi connectivity index (χ4v) is 2.51. The lowest BCUT2D eigenvalue weighted by atomic mass is 10.0. The van der Waals surface area contributed by atoms with Gasteiger partial charge in [-0.3, -0.25) is 14.4 Å². The molecule has 7 nitrogen and oxygen atoms in total. The van der Waals surface area contributed by atoms with Crippen LogP contribution < -0.4 is 16.0 Å². The maximum atomic E-state index is 12.2. The fourth-order valence-electron chi connectivity index (χ4n) is 1.92. The number of carbonyl (C=O) groups excluding carboxylic acids is 3. The molecule has 0 heterocycles. The van der Waals surface area contributed by atoms with Gasteiger partial charge in [0.25, 0.3) is 0 Å². The van der Waals surface area contributed by atoms with Gasteiger partial charge in [-0.25, -0.2) is 0 Å². The van der Waals surface area contributed by atoms with Crippen molar-refractivity contribution in [2.24, 2.45) is 5.92 Å². The highest BCUT2D eigenvalue weighted by Crippen LogP contribution is 2.03. The van der Waals surface area contributed by atoms with Crippen LogP contribution in [0.25, 0.3) is 0 Å². The largest absolute Gasteiger partial charge is 0.394 e. The summed E-state index contributed by atoms with van der Waals surface area (Å²) in [6.45, 7) is 6.28. The molecule has 134 valence electrons. The molecule has 0 saturated carbocycles. The van der Waals surface area contributed by atoms with Crippen LogP contribution in [0.2, 0.25) is 0 Å². The van der Waals surface area contributed by atoms with Crippen LogP contribution in [0.3, 0.4) is 0 Å². The number of carbonyl (C=O) groups is 3. The number of hydrogen-bond donors (Lipinski definition) is 4.